The second kappa shape index (κ2) is 6.10. The van der Waals surface area contributed by atoms with Gasteiger partial charge in [0.15, 0.2) is 0 Å². The average Bonchev–Trinajstić information content (AvgIpc) is 2.38. The van der Waals surface area contributed by atoms with E-state index in [0.29, 0.717) is 4.83 Å². The van der Waals surface area contributed by atoms with E-state index in [4.69, 9.17) is 4.74 Å². The van der Waals surface area contributed by atoms with Crippen molar-refractivity contribution in [3.63, 3.8) is 0 Å². The van der Waals surface area contributed by atoms with Crippen molar-refractivity contribution in [1.82, 2.24) is 0 Å². The first-order valence-electron chi connectivity index (χ1n) is 6.90. The fourth-order valence-electron chi connectivity index (χ4n) is 2.92. The van der Waals surface area contributed by atoms with Crippen LogP contribution in [0.2, 0.25) is 0 Å². The van der Waals surface area contributed by atoms with E-state index in [1.165, 1.54) is 36.8 Å². The molecule has 1 saturated carbocycles. The molecule has 1 aromatic rings. The molecule has 1 aromatic carbocycles. The fourth-order valence-corrected chi connectivity index (χ4v) is 3.96. The van der Waals surface area contributed by atoms with Crippen molar-refractivity contribution in [3.8, 4) is 5.75 Å². The van der Waals surface area contributed by atoms with E-state index in [2.05, 4.69) is 48.0 Å². The van der Waals surface area contributed by atoms with E-state index >= 15 is 0 Å². The van der Waals surface area contributed by atoms with E-state index in [-0.39, 0.29) is 0 Å². The third kappa shape index (κ3) is 3.09. The van der Waals surface area contributed by atoms with E-state index in [1.54, 1.807) is 7.11 Å². The Morgan fingerprint density at radius 1 is 1.22 bits per heavy atom. The third-order valence-electron chi connectivity index (χ3n) is 4.25. The Hall–Kier alpha value is -0.500. The Kier molecular flexibility index (Phi) is 4.71. The molecule has 1 nitrogen and oxygen atoms in total. The zero-order valence-corrected chi connectivity index (χ0v) is 13.2. The smallest absolute Gasteiger partial charge is 0.119 e. The molecular formula is C16H23BrO. The van der Waals surface area contributed by atoms with Gasteiger partial charge in [-0.05, 0) is 54.9 Å². The van der Waals surface area contributed by atoms with Crippen molar-refractivity contribution < 1.29 is 4.74 Å². The number of methoxy groups -OCH3 is 1. The highest BCUT2D eigenvalue weighted by atomic mass is 79.9. The number of ether oxygens (including phenoxy) is 1. The van der Waals surface area contributed by atoms with Gasteiger partial charge in [0.05, 0.1) is 7.11 Å². The Morgan fingerprint density at radius 3 is 2.44 bits per heavy atom. The molecule has 0 aromatic heterocycles. The monoisotopic (exact) mass is 310 g/mol. The SMILES string of the molecule is COc1ccc(C(Br)C2CCC(C)CC2)c(C)c1. The van der Waals surface area contributed by atoms with Gasteiger partial charge in [-0.15, -0.1) is 0 Å². The lowest BCUT2D eigenvalue weighted by molar-refractivity contribution is 0.287. The van der Waals surface area contributed by atoms with Crippen molar-refractivity contribution in [1.29, 1.82) is 0 Å². The quantitative estimate of drug-likeness (QED) is 0.691. The summed E-state index contributed by atoms with van der Waals surface area (Å²) < 4.78 is 5.27. The summed E-state index contributed by atoms with van der Waals surface area (Å²) in [5.41, 5.74) is 2.75. The molecule has 0 heterocycles. The zero-order valence-electron chi connectivity index (χ0n) is 11.6. The van der Waals surface area contributed by atoms with Gasteiger partial charge in [-0.25, -0.2) is 0 Å². The van der Waals surface area contributed by atoms with Crippen LogP contribution in [0.3, 0.4) is 0 Å². The maximum absolute atomic E-state index is 5.27. The molecule has 1 unspecified atom stereocenters. The van der Waals surface area contributed by atoms with Gasteiger partial charge in [-0.2, -0.15) is 0 Å². The highest BCUT2D eigenvalue weighted by Gasteiger charge is 2.26. The lowest BCUT2D eigenvalue weighted by Crippen LogP contribution is -2.16. The summed E-state index contributed by atoms with van der Waals surface area (Å²) in [7, 11) is 1.72. The number of benzene rings is 1. The van der Waals surface area contributed by atoms with E-state index in [0.717, 1.165) is 17.6 Å². The molecule has 0 spiro atoms. The first kappa shape index (κ1) is 13.9. The molecule has 2 heteroatoms. The molecule has 0 amide bonds. The summed E-state index contributed by atoms with van der Waals surface area (Å²) in [5.74, 6) is 2.65. The van der Waals surface area contributed by atoms with Crippen LogP contribution >= 0.6 is 15.9 Å². The van der Waals surface area contributed by atoms with E-state index in [1.807, 2.05) is 0 Å². The van der Waals surface area contributed by atoms with Crippen LogP contribution in [0.25, 0.3) is 0 Å². The van der Waals surface area contributed by atoms with Crippen LogP contribution < -0.4 is 4.74 Å². The first-order valence-corrected chi connectivity index (χ1v) is 7.82. The first-order chi connectivity index (χ1) is 8.61. The average molecular weight is 311 g/mol. The lowest BCUT2D eigenvalue weighted by Gasteiger charge is -2.30. The Bertz CT molecular complexity index is 394. The summed E-state index contributed by atoms with van der Waals surface area (Å²) in [4.78, 5) is 0.496. The van der Waals surface area contributed by atoms with Gasteiger partial charge in [-0.1, -0.05) is 41.8 Å². The van der Waals surface area contributed by atoms with Crippen molar-refractivity contribution in [2.75, 3.05) is 7.11 Å². The molecule has 0 N–H and O–H groups in total. The van der Waals surface area contributed by atoms with Gasteiger partial charge < -0.3 is 4.74 Å². The predicted octanol–water partition coefficient (Wildman–Crippen LogP) is 5.27. The fraction of sp³-hybridized carbons (Fsp3) is 0.625. The highest BCUT2D eigenvalue weighted by Crippen LogP contribution is 2.42. The molecule has 1 aliphatic carbocycles. The highest BCUT2D eigenvalue weighted by molar-refractivity contribution is 9.09. The number of alkyl halides is 1. The maximum atomic E-state index is 5.27. The minimum atomic E-state index is 0.496. The van der Waals surface area contributed by atoms with Crippen LogP contribution in [-0.2, 0) is 0 Å². The number of hydrogen-bond donors (Lipinski definition) is 0. The van der Waals surface area contributed by atoms with Gasteiger partial charge in [0, 0.05) is 4.83 Å². The Labute approximate surface area is 119 Å². The topological polar surface area (TPSA) is 9.23 Å². The second-order valence-electron chi connectivity index (χ2n) is 5.64. The molecule has 0 radical (unpaired) electrons. The largest absolute Gasteiger partial charge is 0.497 e. The number of hydrogen-bond acceptors (Lipinski definition) is 1. The molecule has 2 rings (SSSR count). The van der Waals surface area contributed by atoms with Crippen LogP contribution in [0.4, 0.5) is 0 Å². The summed E-state index contributed by atoms with van der Waals surface area (Å²) in [6, 6.07) is 6.42. The number of rotatable bonds is 3. The van der Waals surface area contributed by atoms with Crippen LogP contribution in [-0.4, -0.2) is 7.11 Å². The van der Waals surface area contributed by atoms with Crippen molar-refractivity contribution in [3.05, 3.63) is 29.3 Å². The van der Waals surface area contributed by atoms with E-state index < -0.39 is 0 Å². The molecule has 0 bridgehead atoms. The Balaban J connectivity index is 2.11. The predicted molar refractivity (Wildman–Crippen MR) is 80.5 cm³/mol. The summed E-state index contributed by atoms with van der Waals surface area (Å²) in [6.07, 6.45) is 5.45. The molecule has 18 heavy (non-hydrogen) atoms. The Morgan fingerprint density at radius 2 is 1.89 bits per heavy atom. The number of halogens is 1. The molecule has 0 saturated heterocycles. The molecular weight excluding hydrogens is 288 g/mol. The maximum Gasteiger partial charge on any atom is 0.119 e. The molecule has 1 fully saturated rings. The minimum Gasteiger partial charge on any atom is -0.497 e. The lowest BCUT2D eigenvalue weighted by atomic mass is 9.79. The second-order valence-corrected chi connectivity index (χ2v) is 6.63. The van der Waals surface area contributed by atoms with Crippen molar-refractivity contribution in [2.24, 2.45) is 11.8 Å². The van der Waals surface area contributed by atoms with Gasteiger partial charge in [0.25, 0.3) is 0 Å². The third-order valence-corrected chi connectivity index (χ3v) is 5.49. The van der Waals surface area contributed by atoms with Gasteiger partial charge in [0.1, 0.15) is 5.75 Å². The van der Waals surface area contributed by atoms with Crippen LogP contribution in [0.1, 0.15) is 48.6 Å². The van der Waals surface area contributed by atoms with Crippen LogP contribution in [0.5, 0.6) is 5.75 Å². The van der Waals surface area contributed by atoms with Gasteiger partial charge in [-0.3, -0.25) is 0 Å². The van der Waals surface area contributed by atoms with Crippen molar-refractivity contribution >= 4 is 15.9 Å². The normalized spacial score (nSPS) is 25.8. The van der Waals surface area contributed by atoms with Gasteiger partial charge >= 0.3 is 0 Å². The van der Waals surface area contributed by atoms with Gasteiger partial charge in [0.2, 0.25) is 0 Å². The molecule has 1 atom stereocenters. The number of aryl methyl sites for hydroxylation is 1. The van der Waals surface area contributed by atoms with Crippen molar-refractivity contribution in [2.45, 2.75) is 44.4 Å². The zero-order chi connectivity index (χ0) is 13.1. The standard InChI is InChI=1S/C16H23BrO/c1-11-4-6-13(7-5-11)16(17)15-9-8-14(18-3)10-12(15)2/h8-11,13,16H,4-7H2,1-3H3. The minimum absolute atomic E-state index is 0.496. The van der Waals surface area contributed by atoms with Crippen LogP contribution in [0.15, 0.2) is 18.2 Å². The molecule has 100 valence electrons. The summed E-state index contributed by atoms with van der Waals surface area (Å²) in [6.45, 7) is 4.55. The van der Waals surface area contributed by atoms with Crippen LogP contribution in [0, 0.1) is 18.8 Å². The molecule has 0 aliphatic heterocycles. The summed E-state index contributed by atoms with van der Waals surface area (Å²) in [5, 5.41) is 0. The summed E-state index contributed by atoms with van der Waals surface area (Å²) >= 11 is 3.92. The van der Waals surface area contributed by atoms with E-state index in [9.17, 15) is 0 Å². The molecule has 1 aliphatic rings.